The number of hydrogen-bond acceptors (Lipinski definition) is 6. The number of likely N-dealkylation sites (N-methyl/N-ethyl adjacent to an activating group) is 1. The van der Waals surface area contributed by atoms with Gasteiger partial charge in [0.1, 0.15) is 0 Å². The summed E-state index contributed by atoms with van der Waals surface area (Å²) in [5.74, 6) is 0.571. The zero-order chi connectivity index (χ0) is 19.6. The molecule has 4 heterocycles. The second-order valence-electron chi connectivity index (χ2n) is 7.38. The fourth-order valence-corrected chi connectivity index (χ4v) is 3.62. The maximum atomic E-state index is 4.60. The summed E-state index contributed by atoms with van der Waals surface area (Å²) in [5.41, 5.74) is 5.39. The third-order valence-electron chi connectivity index (χ3n) is 5.36. The van der Waals surface area contributed by atoms with Gasteiger partial charge in [0.25, 0.3) is 0 Å². The van der Waals surface area contributed by atoms with E-state index in [1.54, 1.807) is 12.4 Å². The van der Waals surface area contributed by atoms with Crippen molar-refractivity contribution in [3.63, 3.8) is 0 Å². The van der Waals surface area contributed by atoms with Gasteiger partial charge in [0.05, 0.1) is 11.7 Å². The summed E-state index contributed by atoms with van der Waals surface area (Å²) in [7, 11) is 2.17. The number of rotatable bonds is 4. The van der Waals surface area contributed by atoms with Gasteiger partial charge in [0.15, 0.2) is 0 Å². The highest BCUT2D eigenvalue weighted by Crippen LogP contribution is 2.23. The number of hydrogen-bond donors (Lipinski definition) is 1. The highest BCUT2D eigenvalue weighted by atomic mass is 15.3. The summed E-state index contributed by atoms with van der Waals surface area (Å²) in [6, 6.07) is 14.5. The molecular formula is C22H23N7. The average molecular weight is 385 g/mol. The first-order valence-corrected chi connectivity index (χ1v) is 9.81. The summed E-state index contributed by atoms with van der Waals surface area (Å²) < 4.78 is 1.85. The van der Waals surface area contributed by atoms with Gasteiger partial charge in [-0.1, -0.05) is 0 Å². The molecule has 3 aromatic heterocycles. The lowest BCUT2D eigenvalue weighted by Crippen LogP contribution is -2.44. The van der Waals surface area contributed by atoms with Gasteiger partial charge in [-0.05, 0) is 55.1 Å². The summed E-state index contributed by atoms with van der Waals surface area (Å²) in [4.78, 5) is 13.3. The molecule has 1 saturated heterocycles. The molecule has 0 amide bonds. The van der Waals surface area contributed by atoms with E-state index in [2.05, 4.69) is 67.6 Å². The Morgan fingerprint density at radius 1 is 0.897 bits per heavy atom. The molecule has 5 rings (SSSR count). The minimum atomic E-state index is 0.571. The van der Waals surface area contributed by atoms with Crippen LogP contribution in [0, 0.1) is 0 Å². The summed E-state index contributed by atoms with van der Waals surface area (Å²) in [6.07, 6.45) is 7.43. The predicted molar refractivity (Wildman–Crippen MR) is 116 cm³/mol. The van der Waals surface area contributed by atoms with E-state index in [9.17, 15) is 0 Å². The van der Waals surface area contributed by atoms with E-state index in [4.69, 9.17) is 0 Å². The van der Waals surface area contributed by atoms with Crippen molar-refractivity contribution >= 4 is 22.8 Å². The van der Waals surface area contributed by atoms with Crippen LogP contribution in [0.2, 0.25) is 0 Å². The molecule has 0 unspecified atom stereocenters. The minimum absolute atomic E-state index is 0.571. The van der Waals surface area contributed by atoms with Gasteiger partial charge in [-0.2, -0.15) is 0 Å². The lowest BCUT2D eigenvalue weighted by atomic mass is 10.1. The molecule has 0 atom stereocenters. The van der Waals surface area contributed by atoms with Crippen LogP contribution in [0.5, 0.6) is 0 Å². The first kappa shape index (κ1) is 17.6. The monoisotopic (exact) mass is 385 g/mol. The maximum Gasteiger partial charge on any atom is 0.245 e. The molecule has 1 aliphatic heterocycles. The van der Waals surface area contributed by atoms with Gasteiger partial charge in [0, 0.05) is 61.7 Å². The van der Waals surface area contributed by atoms with Crippen molar-refractivity contribution in [1.29, 1.82) is 0 Å². The zero-order valence-electron chi connectivity index (χ0n) is 16.4. The quantitative estimate of drug-likeness (QED) is 0.582. The van der Waals surface area contributed by atoms with Crippen LogP contribution in [-0.2, 0) is 0 Å². The van der Waals surface area contributed by atoms with E-state index < -0.39 is 0 Å². The molecule has 0 aliphatic carbocycles. The zero-order valence-corrected chi connectivity index (χ0v) is 16.4. The Morgan fingerprint density at radius 2 is 1.66 bits per heavy atom. The number of fused-ring (bicyclic) bond motifs is 1. The van der Waals surface area contributed by atoms with E-state index in [0.717, 1.165) is 48.5 Å². The van der Waals surface area contributed by atoms with Crippen molar-refractivity contribution in [2.45, 2.75) is 0 Å². The fraction of sp³-hybridized carbons (Fsp3) is 0.227. The number of nitrogens with one attached hydrogen (secondary N) is 1. The number of pyridine rings is 1. The van der Waals surface area contributed by atoms with Crippen LogP contribution in [-0.4, -0.2) is 57.7 Å². The minimum Gasteiger partial charge on any atom is -0.369 e. The lowest BCUT2D eigenvalue weighted by Gasteiger charge is -2.34. The van der Waals surface area contributed by atoms with Crippen molar-refractivity contribution < 1.29 is 0 Å². The number of piperazine rings is 1. The summed E-state index contributed by atoms with van der Waals surface area (Å²) in [6.45, 7) is 4.34. The van der Waals surface area contributed by atoms with Crippen molar-refractivity contribution in [3.8, 4) is 11.1 Å². The molecule has 1 aromatic carbocycles. The largest absolute Gasteiger partial charge is 0.369 e. The van der Waals surface area contributed by atoms with Gasteiger partial charge >= 0.3 is 0 Å². The Hall–Kier alpha value is -3.45. The van der Waals surface area contributed by atoms with E-state index in [1.807, 2.05) is 29.0 Å². The molecule has 1 N–H and O–H groups in total. The number of aromatic nitrogens is 4. The fourth-order valence-electron chi connectivity index (χ4n) is 3.62. The third kappa shape index (κ3) is 3.77. The third-order valence-corrected chi connectivity index (χ3v) is 5.36. The smallest absolute Gasteiger partial charge is 0.245 e. The Bertz CT molecular complexity index is 1100. The van der Waals surface area contributed by atoms with E-state index in [-0.39, 0.29) is 0 Å². The van der Waals surface area contributed by atoms with Gasteiger partial charge in [-0.3, -0.25) is 4.98 Å². The van der Waals surface area contributed by atoms with Crippen molar-refractivity contribution in [2.24, 2.45) is 0 Å². The molecule has 7 heteroatoms. The van der Waals surface area contributed by atoms with Gasteiger partial charge in [0.2, 0.25) is 5.95 Å². The molecule has 0 radical (unpaired) electrons. The molecule has 29 heavy (non-hydrogen) atoms. The van der Waals surface area contributed by atoms with Gasteiger partial charge < -0.3 is 15.1 Å². The van der Waals surface area contributed by atoms with Crippen LogP contribution >= 0.6 is 0 Å². The topological polar surface area (TPSA) is 61.6 Å². The SMILES string of the molecule is CN1CCN(c2ccc(Nc3ncc4cc(-c5ccncc5)cn4n3)cc2)CC1. The number of benzene rings is 1. The molecule has 7 nitrogen and oxygen atoms in total. The summed E-state index contributed by atoms with van der Waals surface area (Å²) >= 11 is 0. The Labute approximate surface area is 169 Å². The Balaban J connectivity index is 1.32. The highest BCUT2D eigenvalue weighted by molar-refractivity contribution is 5.69. The second-order valence-corrected chi connectivity index (χ2v) is 7.38. The van der Waals surface area contributed by atoms with Crippen LogP contribution in [0.25, 0.3) is 16.6 Å². The van der Waals surface area contributed by atoms with Gasteiger partial charge in [-0.15, -0.1) is 5.10 Å². The standard InChI is InChI=1S/C22H23N7/c1-27-10-12-28(13-11-27)20-4-2-19(3-5-20)25-22-24-15-21-14-18(16-29(21)26-22)17-6-8-23-9-7-17/h2-9,14-16H,10-13H2,1H3,(H,25,26). The molecule has 0 spiro atoms. The molecular weight excluding hydrogens is 362 g/mol. The molecule has 146 valence electrons. The van der Waals surface area contributed by atoms with Crippen LogP contribution < -0.4 is 10.2 Å². The first-order chi connectivity index (χ1) is 14.2. The molecule has 0 saturated carbocycles. The van der Waals surface area contributed by atoms with Crippen LogP contribution in [0.1, 0.15) is 0 Å². The predicted octanol–water partition coefficient (Wildman–Crippen LogP) is 3.29. The number of nitrogens with zero attached hydrogens (tertiary/aromatic N) is 6. The van der Waals surface area contributed by atoms with E-state index in [0.29, 0.717) is 5.95 Å². The molecule has 1 fully saturated rings. The number of anilines is 3. The van der Waals surface area contributed by atoms with Crippen molar-refractivity contribution in [3.05, 3.63) is 67.3 Å². The van der Waals surface area contributed by atoms with Crippen molar-refractivity contribution in [2.75, 3.05) is 43.4 Å². The Kier molecular flexibility index (Phi) is 4.57. The average Bonchev–Trinajstić information content (AvgIpc) is 3.19. The van der Waals surface area contributed by atoms with Crippen LogP contribution in [0.3, 0.4) is 0 Å². The highest BCUT2D eigenvalue weighted by Gasteiger charge is 2.14. The summed E-state index contributed by atoms with van der Waals surface area (Å²) in [5, 5.41) is 7.90. The van der Waals surface area contributed by atoms with E-state index in [1.165, 1.54) is 5.69 Å². The van der Waals surface area contributed by atoms with Crippen LogP contribution in [0.15, 0.2) is 67.3 Å². The van der Waals surface area contributed by atoms with Crippen molar-refractivity contribution in [1.82, 2.24) is 24.5 Å². The van der Waals surface area contributed by atoms with E-state index >= 15 is 0 Å². The molecule has 1 aliphatic rings. The Morgan fingerprint density at radius 3 is 2.41 bits per heavy atom. The molecule has 0 bridgehead atoms. The second kappa shape index (κ2) is 7.52. The van der Waals surface area contributed by atoms with Gasteiger partial charge in [-0.25, -0.2) is 9.50 Å². The lowest BCUT2D eigenvalue weighted by molar-refractivity contribution is 0.313. The normalized spacial score (nSPS) is 15.0. The molecule has 4 aromatic rings. The van der Waals surface area contributed by atoms with Crippen LogP contribution in [0.4, 0.5) is 17.3 Å². The maximum absolute atomic E-state index is 4.60. The first-order valence-electron chi connectivity index (χ1n) is 9.81.